The highest BCUT2D eigenvalue weighted by atomic mass is 32.2. The van der Waals surface area contributed by atoms with E-state index in [-0.39, 0.29) is 0 Å². The van der Waals surface area contributed by atoms with E-state index in [1.807, 2.05) is 11.8 Å². The molecule has 0 amide bonds. The Morgan fingerprint density at radius 2 is 2.31 bits per heavy atom. The summed E-state index contributed by atoms with van der Waals surface area (Å²) < 4.78 is 2.26. The van der Waals surface area contributed by atoms with Gasteiger partial charge in [0, 0.05) is 36.4 Å². The van der Waals surface area contributed by atoms with Crippen LogP contribution in [0.15, 0.2) is 0 Å². The maximum Gasteiger partial charge on any atom is 0.0676 e. The minimum Gasteiger partial charge on any atom is -0.330 e. The Hall–Kier alpha value is -0.480. The molecule has 1 aliphatic carbocycles. The molecular weight excluding hydrogens is 218 g/mol. The van der Waals surface area contributed by atoms with E-state index in [0.717, 1.165) is 37.6 Å². The molecule has 1 aliphatic heterocycles. The number of hydrogen-bond donors (Lipinski definition) is 1. The molecule has 0 unspecified atom stereocenters. The zero-order valence-electron chi connectivity index (χ0n) is 9.61. The van der Waals surface area contributed by atoms with Crippen LogP contribution < -0.4 is 5.73 Å². The molecule has 1 fully saturated rings. The fraction of sp³-hybridized carbons (Fsp3) is 0.750. The first-order valence-electron chi connectivity index (χ1n) is 6.23. The van der Waals surface area contributed by atoms with Crippen molar-refractivity contribution in [2.24, 2.45) is 11.7 Å². The van der Waals surface area contributed by atoms with Crippen molar-refractivity contribution in [1.29, 1.82) is 0 Å². The van der Waals surface area contributed by atoms with Gasteiger partial charge in [-0.05, 0) is 31.1 Å². The summed E-state index contributed by atoms with van der Waals surface area (Å²) in [5, 5.41) is 4.80. The molecule has 1 aromatic rings. The number of rotatable bonds is 4. The van der Waals surface area contributed by atoms with Crippen molar-refractivity contribution in [1.82, 2.24) is 9.78 Å². The fourth-order valence-electron chi connectivity index (χ4n) is 2.41. The SMILES string of the molecule is NCCc1c2c(nn1CC1CC1)CCSC2. The number of fused-ring (bicyclic) bond motifs is 1. The summed E-state index contributed by atoms with van der Waals surface area (Å²) >= 11 is 2.03. The number of aromatic nitrogens is 2. The maximum absolute atomic E-state index is 5.72. The zero-order valence-corrected chi connectivity index (χ0v) is 10.4. The number of thioether (sulfide) groups is 1. The highest BCUT2D eigenvalue weighted by Gasteiger charge is 2.26. The first kappa shape index (κ1) is 10.7. The molecule has 16 heavy (non-hydrogen) atoms. The van der Waals surface area contributed by atoms with Gasteiger partial charge in [-0.1, -0.05) is 0 Å². The van der Waals surface area contributed by atoms with E-state index in [2.05, 4.69) is 4.68 Å². The molecule has 3 rings (SSSR count). The average Bonchev–Trinajstić information content (AvgIpc) is 3.04. The number of nitrogens with two attached hydrogens (primary N) is 1. The van der Waals surface area contributed by atoms with Crippen molar-refractivity contribution in [3.63, 3.8) is 0 Å². The molecule has 2 heterocycles. The Labute approximate surface area is 101 Å². The van der Waals surface area contributed by atoms with Gasteiger partial charge in [0.1, 0.15) is 0 Å². The second-order valence-electron chi connectivity index (χ2n) is 4.84. The van der Waals surface area contributed by atoms with Crippen LogP contribution in [-0.4, -0.2) is 22.1 Å². The lowest BCUT2D eigenvalue weighted by Crippen LogP contribution is -2.12. The first-order chi connectivity index (χ1) is 7.88. The molecule has 0 bridgehead atoms. The minimum absolute atomic E-state index is 0.744. The second-order valence-corrected chi connectivity index (χ2v) is 5.94. The van der Waals surface area contributed by atoms with Crippen LogP contribution in [0.25, 0.3) is 0 Å². The van der Waals surface area contributed by atoms with Gasteiger partial charge in [-0.2, -0.15) is 16.9 Å². The van der Waals surface area contributed by atoms with Crippen LogP contribution >= 0.6 is 11.8 Å². The second kappa shape index (κ2) is 4.41. The van der Waals surface area contributed by atoms with Gasteiger partial charge in [-0.15, -0.1) is 0 Å². The molecule has 2 N–H and O–H groups in total. The molecule has 4 heteroatoms. The topological polar surface area (TPSA) is 43.8 Å². The van der Waals surface area contributed by atoms with Crippen LogP contribution in [0.3, 0.4) is 0 Å². The average molecular weight is 237 g/mol. The van der Waals surface area contributed by atoms with E-state index in [4.69, 9.17) is 10.8 Å². The summed E-state index contributed by atoms with van der Waals surface area (Å²) in [5.74, 6) is 3.27. The van der Waals surface area contributed by atoms with Crippen LogP contribution in [0.1, 0.15) is 29.8 Å². The Morgan fingerprint density at radius 1 is 1.44 bits per heavy atom. The maximum atomic E-state index is 5.72. The van der Waals surface area contributed by atoms with Crippen molar-refractivity contribution in [2.75, 3.05) is 12.3 Å². The Kier molecular flexibility index (Phi) is 2.94. The van der Waals surface area contributed by atoms with Crippen molar-refractivity contribution in [3.8, 4) is 0 Å². The van der Waals surface area contributed by atoms with Crippen molar-refractivity contribution < 1.29 is 0 Å². The molecule has 0 aromatic carbocycles. The predicted octanol–water partition coefficient (Wildman–Crippen LogP) is 1.58. The van der Waals surface area contributed by atoms with Gasteiger partial charge in [0.05, 0.1) is 5.69 Å². The van der Waals surface area contributed by atoms with Crippen molar-refractivity contribution in [3.05, 3.63) is 17.0 Å². The van der Waals surface area contributed by atoms with Gasteiger partial charge in [0.15, 0.2) is 0 Å². The molecule has 0 radical (unpaired) electrons. The molecule has 0 spiro atoms. The lowest BCUT2D eigenvalue weighted by molar-refractivity contribution is 0.534. The third-order valence-corrected chi connectivity index (χ3v) is 4.47. The molecule has 88 valence electrons. The molecule has 1 saturated carbocycles. The van der Waals surface area contributed by atoms with Gasteiger partial charge < -0.3 is 5.73 Å². The van der Waals surface area contributed by atoms with E-state index in [0.29, 0.717) is 0 Å². The fourth-order valence-corrected chi connectivity index (χ4v) is 3.43. The van der Waals surface area contributed by atoms with Gasteiger partial charge >= 0.3 is 0 Å². The third kappa shape index (κ3) is 2.00. The smallest absolute Gasteiger partial charge is 0.0676 e. The summed E-state index contributed by atoms with van der Waals surface area (Å²) in [6, 6.07) is 0. The first-order valence-corrected chi connectivity index (χ1v) is 7.39. The van der Waals surface area contributed by atoms with Crippen molar-refractivity contribution >= 4 is 11.8 Å². The number of aryl methyl sites for hydroxylation is 1. The molecule has 1 aromatic heterocycles. The van der Waals surface area contributed by atoms with Crippen molar-refractivity contribution in [2.45, 2.75) is 38.0 Å². The molecule has 0 atom stereocenters. The highest BCUT2D eigenvalue weighted by Crippen LogP contribution is 2.33. The van der Waals surface area contributed by atoms with Gasteiger partial charge in [-0.25, -0.2) is 0 Å². The zero-order chi connectivity index (χ0) is 11.0. The highest BCUT2D eigenvalue weighted by molar-refractivity contribution is 7.98. The molecule has 0 saturated heterocycles. The lowest BCUT2D eigenvalue weighted by atomic mass is 10.1. The van der Waals surface area contributed by atoms with E-state index < -0.39 is 0 Å². The summed E-state index contributed by atoms with van der Waals surface area (Å²) in [6.07, 6.45) is 4.92. The minimum atomic E-state index is 0.744. The summed E-state index contributed by atoms with van der Waals surface area (Å²) in [5.41, 5.74) is 10.00. The molecule has 3 nitrogen and oxygen atoms in total. The van der Waals surface area contributed by atoms with Gasteiger partial charge in [0.25, 0.3) is 0 Å². The predicted molar refractivity (Wildman–Crippen MR) is 67.6 cm³/mol. The van der Waals surface area contributed by atoms with Crippen LogP contribution in [0.2, 0.25) is 0 Å². The van der Waals surface area contributed by atoms with Crippen LogP contribution in [0.4, 0.5) is 0 Å². The largest absolute Gasteiger partial charge is 0.330 e. The Bertz CT molecular complexity index is 382. The normalized spacial score (nSPS) is 19.8. The summed E-state index contributed by atoms with van der Waals surface area (Å²) in [4.78, 5) is 0. The van der Waals surface area contributed by atoms with E-state index in [1.165, 1.54) is 35.5 Å². The molecule has 2 aliphatic rings. The lowest BCUT2D eigenvalue weighted by Gasteiger charge is -2.11. The monoisotopic (exact) mass is 237 g/mol. The van der Waals surface area contributed by atoms with Gasteiger partial charge in [-0.3, -0.25) is 4.68 Å². The number of hydrogen-bond acceptors (Lipinski definition) is 3. The van der Waals surface area contributed by atoms with E-state index in [1.54, 1.807) is 0 Å². The van der Waals surface area contributed by atoms with E-state index in [9.17, 15) is 0 Å². The summed E-state index contributed by atoms with van der Waals surface area (Å²) in [7, 11) is 0. The molecular formula is C12H19N3S. The Balaban J connectivity index is 1.91. The van der Waals surface area contributed by atoms with Crippen LogP contribution in [0, 0.1) is 5.92 Å². The Morgan fingerprint density at radius 3 is 3.06 bits per heavy atom. The quantitative estimate of drug-likeness (QED) is 0.864. The van der Waals surface area contributed by atoms with Crippen LogP contribution in [0.5, 0.6) is 0 Å². The van der Waals surface area contributed by atoms with E-state index >= 15 is 0 Å². The summed E-state index contributed by atoms with van der Waals surface area (Å²) in [6.45, 7) is 1.88. The van der Waals surface area contributed by atoms with Gasteiger partial charge in [0.2, 0.25) is 0 Å². The van der Waals surface area contributed by atoms with Crippen LogP contribution in [-0.2, 0) is 25.1 Å². The standard InChI is InChI=1S/C12H19N3S/c13-5-3-12-10-8-16-6-4-11(10)14-15(12)7-9-1-2-9/h9H,1-8,13H2. The third-order valence-electron chi connectivity index (χ3n) is 3.49. The number of nitrogens with zero attached hydrogens (tertiary/aromatic N) is 2.